The maximum Gasteiger partial charge on any atom is 0.0741 e. The number of benzene rings is 2. The molecule has 0 fully saturated rings. The van der Waals surface area contributed by atoms with Crippen LogP contribution in [0.1, 0.15) is 11.1 Å². The van der Waals surface area contributed by atoms with Crippen molar-refractivity contribution in [3.63, 3.8) is 0 Å². The van der Waals surface area contributed by atoms with E-state index in [0.717, 1.165) is 5.52 Å². The topological polar surface area (TPSA) is 28.7 Å². The van der Waals surface area contributed by atoms with E-state index in [4.69, 9.17) is 0 Å². The first-order valence-corrected chi connectivity index (χ1v) is 6.51. The quantitative estimate of drug-likeness (QED) is 0.486. The molecule has 0 atom stereocenters. The molecule has 0 spiro atoms. The van der Waals surface area contributed by atoms with E-state index in [1.54, 1.807) is 0 Å². The number of H-pyrrole nitrogens is 1. The summed E-state index contributed by atoms with van der Waals surface area (Å²) in [5.74, 6) is 0. The van der Waals surface area contributed by atoms with Gasteiger partial charge in [0.15, 0.2) is 0 Å². The minimum atomic E-state index is 1.11. The lowest BCUT2D eigenvalue weighted by molar-refractivity contribution is 1.37. The molecule has 2 aromatic carbocycles. The fourth-order valence-corrected chi connectivity index (χ4v) is 3.07. The Hall–Kier alpha value is -2.35. The average Bonchev–Trinajstić information content (AvgIpc) is 2.84. The number of nitrogens with one attached hydrogen (secondary N) is 1. The first kappa shape index (κ1) is 10.6. The number of aryl methyl sites for hydroxylation is 2. The minimum Gasteiger partial charge on any atom is -0.354 e. The molecule has 0 radical (unpaired) electrons. The summed E-state index contributed by atoms with van der Waals surface area (Å²) in [6.45, 7) is 4.33. The van der Waals surface area contributed by atoms with Crippen LogP contribution in [-0.4, -0.2) is 9.97 Å². The van der Waals surface area contributed by atoms with Crippen molar-refractivity contribution in [3.8, 4) is 0 Å². The Bertz CT molecular complexity index is 932. The van der Waals surface area contributed by atoms with Crippen molar-refractivity contribution in [1.29, 1.82) is 0 Å². The lowest BCUT2D eigenvalue weighted by Gasteiger charge is -2.07. The van der Waals surface area contributed by atoms with E-state index < -0.39 is 0 Å². The van der Waals surface area contributed by atoms with Crippen LogP contribution in [0.3, 0.4) is 0 Å². The molecule has 1 N–H and O–H groups in total. The summed E-state index contributed by atoms with van der Waals surface area (Å²) in [5, 5.41) is 3.82. The normalized spacial score (nSPS) is 11.7. The van der Waals surface area contributed by atoms with Gasteiger partial charge >= 0.3 is 0 Å². The number of hydrogen-bond donors (Lipinski definition) is 1. The number of hydrogen-bond acceptors (Lipinski definition) is 1. The van der Waals surface area contributed by atoms with E-state index in [2.05, 4.69) is 54.1 Å². The predicted octanol–water partition coefficient (Wildman–Crippen LogP) is 4.49. The van der Waals surface area contributed by atoms with Crippen LogP contribution in [0, 0.1) is 13.8 Å². The Labute approximate surface area is 111 Å². The molecule has 2 heterocycles. The second-order valence-corrected chi connectivity index (χ2v) is 5.07. The standard InChI is InChI=1S/C17H14N2/c1-10-12-7-5-9-18-16(12)11(2)15-13-6-3-4-8-14(13)19-17(10)15/h3-9,19H,1-2H3. The molecule has 2 nitrogen and oxygen atoms in total. The van der Waals surface area contributed by atoms with Crippen molar-refractivity contribution in [1.82, 2.24) is 9.97 Å². The predicted molar refractivity (Wildman–Crippen MR) is 80.6 cm³/mol. The number of aromatic amines is 1. The molecular formula is C17H14N2. The van der Waals surface area contributed by atoms with Gasteiger partial charge in [-0.15, -0.1) is 0 Å². The van der Waals surface area contributed by atoms with Gasteiger partial charge in [-0.25, -0.2) is 0 Å². The van der Waals surface area contributed by atoms with Gasteiger partial charge in [0.05, 0.1) is 11.0 Å². The van der Waals surface area contributed by atoms with Gasteiger partial charge in [0.25, 0.3) is 0 Å². The Morgan fingerprint density at radius 2 is 1.68 bits per heavy atom. The molecule has 0 aliphatic rings. The van der Waals surface area contributed by atoms with E-state index in [9.17, 15) is 0 Å². The summed E-state index contributed by atoms with van der Waals surface area (Å²) in [4.78, 5) is 8.12. The fourth-order valence-electron chi connectivity index (χ4n) is 3.07. The molecule has 0 saturated heterocycles. The van der Waals surface area contributed by atoms with Crippen molar-refractivity contribution >= 4 is 32.7 Å². The molecule has 92 valence electrons. The molecule has 0 aliphatic carbocycles. The van der Waals surface area contributed by atoms with Crippen molar-refractivity contribution in [2.75, 3.05) is 0 Å². The number of fused-ring (bicyclic) bond motifs is 4. The lowest BCUT2D eigenvalue weighted by atomic mass is 9.99. The van der Waals surface area contributed by atoms with Gasteiger partial charge in [0, 0.05) is 27.9 Å². The smallest absolute Gasteiger partial charge is 0.0741 e. The van der Waals surface area contributed by atoms with Crippen LogP contribution in [-0.2, 0) is 0 Å². The molecule has 0 amide bonds. The number of aromatic nitrogens is 2. The molecule has 4 rings (SSSR count). The highest BCUT2D eigenvalue weighted by atomic mass is 14.7. The highest BCUT2D eigenvalue weighted by Gasteiger charge is 2.13. The molecule has 2 aromatic heterocycles. The molecule has 19 heavy (non-hydrogen) atoms. The zero-order valence-corrected chi connectivity index (χ0v) is 11.0. The van der Waals surface area contributed by atoms with Crippen LogP contribution in [0.15, 0.2) is 42.6 Å². The van der Waals surface area contributed by atoms with E-state index in [0.29, 0.717) is 0 Å². The summed E-state index contributed by atoms with van der Waals surface area (Å²) in [6, 6.07) is 12.6. The van der Waals surface area contributed by atoms with Gasteiger partial charge in [-0.2, -0.15) is 0 Å². The Balaban J connectivity index is 2.39. The number of para-hydroxylation sites is 1. The van der Waals surface area contributed by atoms with Crippen molar-refractivity contribution < 1.29 is 0 Å². The van der Waals surface area contributed by atoms with Gasteiger partial charge in [-0.05, 0) is 37.1 Å². The van der Waals surface area contributed by atoms with E-state index in [1.165, 1.54) is 38.3 Å². The summed E-state index contributed by atoms with van der Waals surface area (Å²) >= 11 is 0. The highest BCUT2D eigenvalue weighted by molar-refractivity contribution is 6.15. The molecule has 2 heteroatoms. The molecule has 0 bridgehead atoms. The van der Waals surface area contributed by atoms with Crippen LogP contribution in [0.5, 0.6) is 0 Å². The summed E-state index contributed by atoms with van der Waals surface area (Å²) in [6.07, 6.45) is 1.87. The first-order chi connectivity index (χ1) is 9.27. The number of rotatable bonds is 0. The minimum absolute atomic E-state index is 1.11. The molecule has 0 saturated carbocycles. The zero-order valence-electron chi connectivity index (χ0n) is 11.0. The van der Waals surface area contributed by atoms with Crippen molar-refractivity contribution in [3.05, 3.63) is 53.7 Å². The highest BCUT2D eigenvalue weighted by Crippen LogP contribution is 2.35. The fraction of sp³-hybridized carbons (Fsp3) is 0.118. The van der Waals surface area contributed by atoms with E-state index in [-0.39, 0.29) is 0 Å². The SMILES string of the molecule is Cc1c2cccnc2c(C)c2c1[nH]c1ccccc12. The van der Waals surface area contributed by atoms with Gasteiger partial charge in [0.1, 0.15) is 0 Å². The van der Waals surface area contributed by atoms with E-state index >= 15 is 0 Å². The average molecular weight is 246 g/mol. The third kappa shape index (κ3) is 1.28. The third-order valence-corrected chi connectivity index (χ3v) is 4.02. The van der Waals surface area contributed by atoms with Crippen LogP contribution in [0.25, 0.3) is 32.7 Å². The third-order valence-electron chi connectivity index (χ3n) is 4.02. The van der Waals surface area contributed by atoms with Crippen LogP contribution < -0.4 is 0 Å². The van der Waals surface area contributed by atoms with Crippen LogP contribution in [0.2, 0.25) is 0 Å². The maximum atomic E-state index is 4.56. The Morgan fingerprint density at radius 1 is 0.895 bits per heavy atom. The lowest BCUT2D eigenvalue weighted by Crippen LogP contribution is -1.88. The Morgan fingerprint density at radius 3 is 2.58 bits per heavy atom. The monoisotopic (exact) mass is 246 g/mol. The molecule has 4 aromatic rings. The van der Waals surface area contributed by atoms with Gasteiger partial charge in [-0.1, -0.05) is 24.3 Å². The van der Waals surface area contributed by atoms with Crippen molar-refractivity contribution in [2.24, 2.45) is 0 Å². The summed E-state index contributed by atoms with van der Waals surface area (Å²) in [5.41, 5.74) is 6.07. The number of nitrogens with zero attached hydrogens (tertiary/aromatic N) is 1. The summed E-state index contributed by atoms with van der Waals surface area (Å²) in [7, 11) is 0. The second kappa shape index (κ2) is 3.58. The van der Waals surface area contributed by atoms with E-state index in [1.807, 2.05) is 12.3 Å². The molecule has 0 aliphatic heterocycles. The van der Waals surface area contributed by atoms with Crippen LogP contribution in [0.4, 0.5) is 0 Å². The summed E-state index contributed by atoms with van der Waals surface area (Å²) < 4.78 is 0. The zero-order chi connectivity index (χ0) is 13.0. The Kier molecular flexibility index (Phi) is 1.99. The maximum absolute atomic E-state index is 4.56. The molecular weight excluding hydrogens is 232 g/mol. The van der Waals surface area contributed by atoms with Crippen LogP contribution >= 0.6 is 0 Å². The van der Waals surface area contributed by atoms with Gasteiger partial charge < -0.3 is 4.98 Å². The first-order valence-electron chi connectivity index (χ1n) is 6.51. The van der Waals surface area contributed by atoms with Gasteiger partial charge in [-0.3, -0.25) is 4.98 Å². The largest absolute Gasteiger partial charge is 0.354 e. The number of pyridine rings is 1. The molecule has 0 unspecified atom stereocenters. The van der Waals surface area contributed by atoms with Gasteiger partial charge in [0.2, 0.25) is 0 Å². The second-order valence-electron chi connectivity index (χ2n) is 5.07. The van der Waals surface area contributed by atoms with Crippen molar-refractivity contribution in [2.45, 2.75) is 13.8 Å².